The van der Waals surface area contributed by atoms with E-state index in [2.05, 4.69) is 23.3 Å². The summed E-state index contributed by atoms with van der Waals surface area (Å²) < 4.78 is 8.74. The van der Waals surface area contributed by atoms with Gasteiger partial charge in [0.15, 0.2) is 5.13 Å². The number of benzene rings is 3. The molecule has 2 aromatic heterocycles. The number of aromatic nitrogens is 3. The highest BCUT2D eigenvalue weighted by Gasteiger charge is 2.22. The molecule has 0 spiro atoms. The van der Waals surface area contributed by atoms with E-state index in [1.807, 2.05) is 74.0 Å². The monoisotopic (exact) mass is 484 g/mol. The molecule has 35 heavy (non-hydrogen) atoms. The third-order valence-corrected chi connectivity index (χ3v) is 7.11. The van der Waals surface area contributed by atoms with Crippen molar-refractivity contribution in [3.8, 4) is 5.75 Å². The van der Waals surface area contributed by atoms with E-state index in [1.54, 1.807) is 4.90 Å². The molecular weight excluding hydrogens is 456 g/mol. The number of carbonyl (C=O) groups excluding carboxylic acids is 1. The van der Waals surface area contributed by atoms with E-state index < -0.39 is 0 Å². The summed E-state index contributed by atoms with van der Waals surface area (Å²) in [6.45, 7) is 7.61. The molecule has 0 aliphatic rings. The van der Waals surface area contributed by atoms with Gasteiger partial charge in [-0.3, -0.25) is 14.4 Å². The van der Waals surface area contributed by atoms with Crippen LogP contribution in [0.1, 0.15) is 23.9 Å². The molecule has 6 nitrogen and oxygen atoms in total. The van der Waals surface area contributed by atoms with Crippen LogP contribution in [-0.4, -0.2) is 33.8 Å². The average Bonchev–Trinajstić information content (AvgIpc) is 3.42. The third-order valence-electron chi connectivity index (χ3n) is 6.06. The van der Waals surface area contributed by atoms with Crippen LogP contribution in [-0.2, 0) is 17.8 Å². The van der Waals surface area contributed by atoms with Crippen molar-refractivity contribution in [1.29, 1.82) is 0 Å². The van der Waals surface area contributed by atoms with E-state index in [4.69, 9.17) is 9.72 Å². The number of aryl methyl sites for hydroxylation is 2. The zero-order chi connectivity index (χ0) is 24.4. The Hall–Kier alpha value is -3.71. The molecule has 7 heteroatoms. The number of amides is 1. The predicted octanol–water partition coefficient (Wildman–Crippen LogP) is 5.94. The van der Waals surface area contributed by atoms with Crippen molar-refractivity contribution in [1.82, 2.24) is 14.8 Å². The van der Waals surface area contributed by atoms with Gasteiger partial charge < -0.3 is 4.74 Å². The zero-order valence-corrected chi connectivity index (χ0v) is 21.0. The first-order chi connectivity index (χ1) is 17.0. The quantitative estimate of drug-likeness (QED) is 0.274. The predicted molar refractivity (Wildman–Crippen MR) is 142 cm³/mol. The zero-order valence-electron chi connectivity index (χ0n) is 20.2. The smallest absolute Gasteiger partial charge is 0.233 e. The Bertz CT molecular complexity index is 1500. The molecule has 0 unspecified atom stereocenters. The van der Waals surface area contributed by atoms with Crippen LogP contribution in [0.4, 0.5) is 5.13 Å². The van der Waals surface area contributed by atoms with Gasteiger partial charge in [0.2, 0.25) is 5.91 Å². The SMILES string of the molecule is CCOc1cccc2sc(N(CCn3nc(C)cc3C)C(=O)Cc3cccc4ccccc34)nc12. The lowest BCUT2D eigenvalue weighted by Crippen LogP contribution is -2.35. The Balaban J connectivity index is 1.50. The van der Waals surface area contributed by atoms with Gasteiger partial charge in [-0.1, -0.05) is 59.9 Å². The van der Waals surface area contributed by atoms with Crippen molar-refractivity contribution in [2.24, 2.45) is 0 Å². The highest BCUT2D eigenvalue weighted by Crippen LogP contribution is 2.34. The Morgan fingerprint density at radius 3 is 2.66 bits per heavy atom. The van der Waals surface area contributed by atoms with Gasteiger partial charge in [0.05, 0.1) is 30.0 Å². The highest BCUT2D eigenvalue weighted by atomic mass is 32.1. The second kappa shape index (κ2) is 9.88. The maximum absolute atomic E-state index is 13.8. The van der Waals surface area contributed by atoms with E-state index in [0.29, 0.717) is 31.2 Å². The first kappa shape index (κ1) is 23.1. The van der Waals surface area contributed by atoms with Gasteiger partial charge in [-0.25, -0.2) is 4.98 Å². The lowest BCUT2D eigenvalue weighted by molar-refractivity contribution is -0.118. The number of hydrogen-bond acceptors (Lipinski definition) is 5. The number of fused-ring (bicyclic) bond motifs is 2. The van der Waals surface area contributed by atoms with E-state index >= 15 is 0 Å². The molecule has 2 heterocycles. The molecule has 5 rings (SSSR count). The minimum atomic E-state index is 0.0138. The molecule has 0 aliphatic heterocycles. The Kier molecular flexibility index (Phi) is 6.51. The molecule has 3 aromatic carbocycles. The number of rotatable bonds is 8. The number of carbonyl (C=O) groups is 1. The molecule has 0 aliphatic carbocycles. The van der Waals surface area contributed by atoms with Crippen LogP contribution in [0.3, 0.4) is 0 Å². The van der Waals surface area contributed by atoms with Gasteiger partial charge in [0.25, 0.3) is 0 Å². The summed E-state index contributed by atoms with van der Waals surface area (Å²) >= 11 is 1.52. The van der Waals surface area contributed by atoms with Crippen LogP contribution in [0.5, 0.6) is 5.75 Å². The highest BCUT2D eigenvalue weighted by molar-refractivity contribution is 7.22. The molecule has 0 saturated carbocycles. The minimum Gasteiger partial charge on any atom is -0.492 e. The van der Waals surface area contributed by atoms with Gasteiger partial charge in [-0.05, 0) is 55.3 Å². The number of thiazole rings is 1. The van der Waals surface area contributed by atoms with Gasteiger partial charge in [0.1, 0.15) is 11.3 Å². The van der Waals surface area contributed by atoms with Crippen molar-refractivity contribution >= 4 is 43.4 Å². The largest absolute Gasteiger partial charge is 0.492 e. The van der Waals surface area contributed by atoms with E-state index in [0.717, 1.165) is 43.7 Å². The number of ether oxygens (including phenoxy) is 1. The maximum atomic E-state index is 13.8. The summed E-state index contributed by atoms with van der Waals surface area (Å²) in [5.41, 5.74) is 3.85. The van der Waals surface area contributed by atoms with Crippen molar-refractivity contribution < 1.29 is 9.53 Å². The van der Waals surface area contributed by atoms with Crippen LogP contribution in [0.15, 0.2) is 66.7 Å². The first-order valence-electron chi connectivity index (χ1n) is 11.8. The molecule has 0 saturated heterocycles. The topological polar surface area (TPSA) is 60.2 Å². The fourth-order valence-corrected chi connectivity index (χ4v) is 5.45. The second-order valence-corrected chi connectivity index (χ2v) is 9.55. The van der Waals surface area contributed by atoms with Gasteiger partial charge in [0, 0.05) is 12.2 Å². The van der Waals surface area contributed by atoms with Crippen LogP contribution < -0.4 is 9.64 Å². The van der Waals surface area contributed by atoms with Crippen molar-refractivity contribution in [2.45, 2.75) is 33.7 Å². The van der Waals surface area contributed by atoms with Crippen molar-refractivity contribution in [2.75, 3.05) is 18.1 Å². The first-order valence-corrected chi connectivity index (χ1v) is 12.7. The van der Waals surface area contributed by atoms with Crippen molar-refractivity contribution in [3.63, 3.8) is 0 Å². The average molecular weight is 485 g/mol. The molecule has 178 valence electrons. The van der Waals surface area contributed by atoms with E-state index in [1.165, 1.54) is 11.3 Å². The number of para-hydroxylation sites is 1. The van der Waals surface area contributed by atoms with Crippen LogP contribution in [0.25, 0.3) is 21.0 Å². The molecule has 0 N–H and O–H groups in total. The minimum absolute atomic E-state index is 0.0138. The maximum Gasteiger partial charge on any atom is 0.233 e. The summed E-state index contributed by atoms with van der Waals surface area (Å²) in [6.07, 6.45) is 0.298. The fourth-order valence-electron chi connectivity index (χ4n) is 4.43. The normalized spacial score (nSPS) is 11.3. The van der Waals surface area contributed by atoms with Gasteiger partial charge in [-0.2, -0.15) is 5.10 Å². The summed E-state index contributed by atoms with van der Waals surface area (Å²) in [6, 6.07) is 22.3. The van der Waals surface area contributed by atoms with E-state index in [9.17, 15) is 4.79 Å². The van der Waals surface area contributed by atoms with E-state index in [-0.39, 0.29) is 5.91 Å². The van der Waals surface area contributed by atoms with Gasteiger partial charge in [-0.15, -0.1) is 0 Å². The van der Waals surface area contributed by atoms with Crippen LogP contribution in [0.2, 0.25) is 0 Å². The lowest BCUT2D eigenvalue weighted by Gasteiger charge is -2.21. The Morgan fingerprint density at radius 2 is 1.86 bits per heavy atom. The third kappa shape index (κ3) is 4.77. The van der Waals surface area contributed by atoms with Gasteiger partial charge >= 0.3 is 0 Å². The Morgan fingerprint density at radius 1 is 1.06 bits per heavy atom. The molecular formula is C28H28N4O2S. The Labute approximate surface area is 208 Å². The second-order valence-electron chi connectivity index (χ2n) is 8.54. The summed E-state index contributed by atoms with van der Waals surface area (Å²) in [7, 11) is 0. The van der Waals surface area contributed by atoms with Crippen molar-refractivity contribution in [3.05, 3.63) is 83.7 Å². The molecule has 1 amide bonds. The van der Waals surface area contributed by atoms with Crippen LogP contribution in [0, 0.1) is 13.8 Å². The molecule has 0 fully saturated rings. The molecule has 0 atom stereocenters. The van der Waals surface area contributed by atoms with Crippen LogP contribution >= 0.6 is 11.3 Å². The summed E-state index contributed by atoms with van der Waals surface area (Å²) in [5, 5.41) is 7.50. The molecule has 0 radical (unpaired) electrons. The number of anilines is 1. The molecule has 0 bridgehead atoms. The standard InChI is InChI=1S/C28H28N4O2S/c1-4-34-24-13-8-14-25-27(24)29-28(35-25)31(15-16-32-20(3)17-19(2)30-32)26(33)18-22-11-7-10-21-9-5-6-12-23(21)22/h5-14,17H,4,15-16,18H2,1-3H3. The molecule has 5 aromatic rings. The number of nitrogens with zero attached hydrogens (tertiary/aromatic N) is 4. The lowest BCUT2D eigenvalue weighted by atomic mass is 10.0. The summed E-state index contributed by atoms with van der Waals surface area (Å²) in [4.78, 5) is 20.5. The summed E-state index contributed by atoms with van der Waals surface area (Å²) in [5.74, 6) is 0.757. The fraction of sp³-hybridized carbons (Fsp3) is 0.250. The number of hydrogen-bond donors (Lipinski definition) is 0.